The highest BCUT2D eigenvalue weighted by Gasteiger charge is 2.21. The van der Waals surface area contributed by atoms with E-state index in [1.165, 1.54) is 42.0 Å². The minimum Gasteiger partial charge on any atom is -0.497 e. The fraction of sp³-hybridized carbons (Fsp3) is 0.269. The SMILES string of the molecule is COc1ccc(C(=O)c2ccc(F)cc2)c(-c2cn(C)c(=O)cc2CNC(=O)OC(C)(C)C)c1. The minimum absolute atomic E-state index is 0.00170. The lowest BCUT2D eigenvalue weighted by atomic mass is 9.92. The summed E-state index contributed by atoms with van der Waals surface area (Å²) in [4.78, 5) is 37.9. The predicted octanol–water partition coefficient (Wildman–Crippen LogP) is 4.46. The second kappa shape index (κ2) is 9.91. The number of aryl methyl sites for hydroxylation is 1. The van der Waals surface area contributed by atoms with Crippen molar-refractivity contribution in [2.45, 2.75) is 32.9 Å². The van der Waals surface area contributed by atoms with Gasteiger partial charge in [-0.25, -0.2) is 9.18 Å². The second-order valence-electron chi connectivity index (χ2n) is 8.76. The summed E-state index contributed by atoms with van der Waals surface area (Å²) in [5.74, 6) is -0.261. The third-order valence-electron chi connectivity index (χ3n) is 5.00. The number of alkyl carbamates (subject to hydrolysis) is 1. The number of carbonyl (C=O) groups excluding carboxylic acids is 2. The standard InChI is InChI=1S/C26H27FN2O5/c1-26(2,3)34-25(32)28-14-17-12-23(30)29(4)15-22(17)21-13-19(33-5)10-11-20(21)24(31)16-6-8-18(27)9-7-16/h6-13,15H,14H2,1-5H3,(H,28,32). The number of benzene rings is 2. The van der Waals surface area contributed by atoms with E-state index in [0.29, 0.717) is 33.6 Å². The highest BCUT2D eigenvalue weighted by molar-refractivity contribution is 6.13. The Balaban J connectivity index is 2.10. The van der Waals surface area contributed by atoms with Crippen LogP contribution < -0.4 is 15.6 Å². The van der Waals surface area contributed by atoms with Gasteiger partial charge in [-0.05, 0) is 74.4 Å². The molecule has 178 valence electrons. The number of ether oxygens (including phenoxy) is 2. The van der Waals surface area contributed by atoms with Crippen molar-refractivity contribution in [3.63, 3.8) is 0 Å². The highest BCUT2D eigenvalue weighted by Crippen LogP contribution is 2.32. The van der Waals surface area contributed by atoms with Gasteiger partial charge < -0.3 is 19.4 Å². The van der Waals surface area contributed by atoms with Crippen LogP contribution in [0.3, 0.4) is 0 Å². The van der Waals surface area contributed by atoms with Crippen molar-refractivity contribution in [2.24, 2.45) is 7.05 Å². The summed E-state index contributed by atoms with van der Waals surface area (Å²) in [7, 11) is 3.10. The van der Waals surface area contributed by atoms with Crippen molar-refractivity contribution < 1.29 is 23.5 Å². The molecule has 0 aliphatic carbocycles. The van der Waals surface area contributed by atoms with Crippen LogP contribution >= 0.6 is 0 Å². The van der Waals surface area contributed by atoms with Gasteiger partial charge in [-0.15, -0.1) is 0 Å². The number of rotatable bonds is 6. The maximum Gasteiger partial charge on any atom is 0.407 e. The van der Waals surface area contributed by atoms with E-state index in [9.17, 15) is 18.8 Å². The number of pyridine rings is 1. The molecule has 0 aliphatic heterocycles. The number of hydrogen-bond donors (Lipinski definition) is 1. The summed E-state index contributed by atoms with van der Waals surface area (Å²) in [5.41, 5.74) is 1.25. The smallest absolute Gasteiger partial charge is 0.407 e. The van der Waals surface area contributed by atoms with Crippen LogP contribution in [0, 0.1) is 5.82 Å². The number of methoxy groups -OCH3 is 1. The summed E-state index contributed by atoms with van der Waals surface area (Å²) in [6.07, 6.45) is 0.970. The van der Waals surface area contributed by atoms with Crippen LogP contribution in [-0.2, 0) is 18.3 Å². The van der Waals surface area contributed by atoms with Gasteiger partial charge in [-0.1, -0.05) is 0 Å². The first-order chi connectivity index (χ1) is 16.0. The monoisotopic (exact) mass is 466 g/mol. The van der Waals surface area contributed by atoms with E-state index in [0.717, 1.165) is 0 Å². The molecule has 34 heavy (non-hydrogen) atoms. The first kappa shape index (κ1) is 24.7. The van der Waals surface area contributed by atoms with Crippen molar-refractivity contribution in [2.75, 3.05) is 7.11 Å². The first-order valence-electron chi connectivity index (χ1n) is 10.6. The zero-order valence-corrected chi connectivity index (χ0v) is 19.8. The summed E-state index contributed by atoms with van der Waals surface area (Å²) >= 11 is 0. The number of nitrogens with one attached hydrogen (secondary N) is 1. The number of aromatic nitrogens is 1. The molecule has 0 radical (unpaired) electrons. The molecule has 1 heterocycles. The zero-order valence-electron chi connectivity index (χ0n) is 19.8. The van der Waals surface area contributed by atoms with Crippen LogP contribution in [0.4, 0.5) is 9.18 Å². The molecule has 1 N–H and O–H groups in total. The molecule has 0 aliphatic rings. The summed E-state index contributed by atoms with van der Waals surface area (Å²) in [6.45, 7) is 5.25. The number of nitrogens with zero attached hydrogens (tertiary/aromatic N) is 1. The molecular weight excluding hydrogens is 439 g/mol. The Kier molecular flexibility index (Phi) is 7.20. The molecule has 1 amide bonds. The van der Waals surface area contributed by atoms with E-state index < -0.39 is 17.5 Å². The van der Waals surface area contributed by atoms with Gasteiger partial charge in [0.25, 0.3) is 5.56 Å². The number of amides is 1. The fourth-order valence-corrected chi connectivity index (χ4v) is 3.37. The van der Waals surface area contributed by atoms with E-state index in [1.807, 2.05) is 0 Å². The lowest BCUT2D eigenvalue weighted by Crippen LogP contribution is -2.32. The molecule has 0 saturated carbocycles. The molecule has 2 aromatic carbocycles. The fourth-order valence-electron chi connectivity index (χ4n) is 3.37. The van der Waals surface area contributed by atoms with Gasteiger partial charge >= 0.3 is 6.09 Å². The number of carbonyl (C=O) groups is 2. The van der Waals surface area contributed by atoms with Gasteiger partial charge in [0.1, 0.15) is 17.2 Å². The lowest BCUT2D eigenvalue weighted by molar-refractivity contribution is 0.0523. The molecule has 0 bridgehead atoms. The molecule has 0 fully saturated rings. The van der Waals surface area contributed by atoms with Crippen molar-refractivity contribution >= 4 is 11.9 Å². The third-order valence-corrected chi connectivity index (χ3v) is 5.00. The summed E-state index contributed by atoms with van der Waals surface area (Å²) < 4.78 is 25.4. The van der Waals surface area contributed by atoms with Gasteiger partial charge in [0.15, 0.2) is 5.78 Å². The van der Waals surface area contributed by atoms with Crippen LogP contribution in [-0.4, -0.2) is 29.2 Å². The van der Waals surface area contributed by atoms with Crippen molar-refractivity contribution in [3.05, 3.63) is 87.6 Å². The Bertz CT molecular complexity index is 1270. The average molecular weight is 467 g/mol. The van der Waals surface area contributed by atoms with Crippen LogP contribution in [0.15, 0.2) is 59.5 Å². The van der Waals surface area contributed by atoms with Gasteiger partial charge in [-0.3, -0.25) is 9.59 Å². The van der Waals surface area contributed by atoms with Crippen LogP contribution in [0.1, 0.15) is 42.3 Å². The molecule has 3 aromatic rings. The first-order valence-corrected chi connectivity index (χ1v) is 10.6. The lowest BCUT2D eigenvalue weighted by Gasteiger charge is -2.20. The molecule has 7 nitrogen and oxygen atoms in total. The average Bonchev–Trinajstić information content (AvgIpc) is 2.78. The van der Waals surface area contributed by atoms with E-state index >= 15 is 0 Å². The van der Waals surface area contributed by atoms with E-state index in [1.54, 1.807) is 52.2 Å². The second-order valence-corrected chi connectivity index (χ2v) is 8.76. The highest BCUT2D eigenvalue weighted by atomic mass is 19.1. The quantitative estimate of drug-likeness (QED) is 0.542. The largest absolute Gasteiger partial charge is 0.497 e. The van der Waals surface area contributed by atoms with Crippen molar-refractivity contribution in [1.82, 2.24) is 9.88 Å². The summed E-state index contributed by atoms with van der Waals surface area (Å²) in [6, 6.07) is 11.6. The predicted molar refractivity (Wildman–Crippen MR) is 127 cm³/mol. The third kappa shape index (κ3) is 5.89. The van der Waals surface area contributed by atoms with Crippen LogP contribution in [0.25, 0.3) is 11.1 Å². The number of ketones is 1. The number of halogens is 1. The Morgan fingerprint density at radius 3 is 2.32 bits per heavy atom. The normalized spacial score (nSPS) is 11.1. The molecule has 3 rings (SSSR count). The summed E-state index contributed by atoms with van der Waals surface area (Å²) in [5, 5.41) is 2.66. The van der Waals surface area contributed by atoms with Gasteiger partial charge in [0, 0.05) is 42.5 Å². The van der Waals surface area contributed by atoms with Crippen LogP contribution in [0.5, 0.6) is 5.75 Å². The molecule has 1 aromatic heterocycles. The van der Waals surface area contributed by atoms with Gasteiger partial charge in [0.2, 0.25) is 0 Å². The topological polar surface area (TPSA) is 86.6 Å². The maximum absolute atomic E-state index is 13.4. The zero-order chi connectivity index (χ0) is 25.0. The molecular formula is C26H27FN2O5. The Morgan fingerprint density at radius 2 is 1.71 bits per heavy atom. The van der Waals surface area contributed by atoms with E-state index in [4.69, 9.17) is 9.47 Å². The van der Waals surface area contributed by atoms with Crippen molar-refractivity contribution in [3.8, 4) is 16.9 Å². The Hall–Kier alpha value is -3.94. The van der Waals surface area contributed by atoms with E-state index in [-0.39, 0.29) is 17.9 Å². The number of hydrogen-bond acceptors (Lipinski definition) is 5. The molecule has 0 saturated heterocycles. The van der Waals surface area contributed by atoms with Gasteiger partial charge in [0.05, 0.1) is 7.11 Å². The molecule has 0 spiro atoms. The minimum atomic E-state index is -0.679. The Morgan fingerprint density at radius 1 is 1.03 bits per heavy atom. The van der Waals surface area contributed by atoms with Crippen LogP contribution in [0.2, 0.25) is 0 Å². The molecule has 8 heteroatoms. The molecule has 0 unspecified atom stereocenters. The van der Waals surface area contributed by atoms with Crippen molar-refractivity contribution in [1.29, 1.82) is 0 Å². The Labute approximate surface area is 197 Å². The molecule has 0 atom stereocenters. The van der Waals surface area contributed by atoms with Gasteiger partial charge in [-0.2, -0.15) is 0 Å². The van der Waals surface area contributed by atoms with E-state index in [2.05, 4.69) is 5.32 Å². The maximum atomic E-state index is 13.4.